The molecule has 2 heterocycles. The van der Waals surface area contributed by atoms with Crippen molar-refractivity contribution in [2.24, 2.45) is 5.92 Å². The number of fused-ring (bicyclic) bond motifs is 1. The molecule has 0 spiro atoms. The number of aromatic amines is 1. The average Bonchev–Trinajstić information content (AvgIpc) is 2.92. The van der Waals surface area contributed by atoms with Crippen molar-refractivity contribution in [3.8, 4) is 0 Å². The second-order valence-corrected chi connectivity index (χ2v) is 6.45. The van der Waals surface area contributed by atoms with E-state index in [1.165, 1.54) is 0 Å². The van der Waals surface area contributed by atoms with Crippen molar-refractivity contribution in [2.75, 3.05) is 0 Å². The van der Waals surface area contributed by atoms with Gasteiger partial charge in [0.1, 0.15) is 12.1 Å². The van der Waals surface area contributed by atoms with Crippen molar-refractivity contribution in [1.29, 1.82) is 0 Å². The van der Waals surface area contributed by atoms with Crippen molar-refractivity contribution in [3.63, 3.8) is 0 Å². The second-order valence-electron chi connectivity index (χ2n) is 6.45. The number of hydroxylamine groups is 2. The van der Waals surface area contributed by atoms with Gasteiger partial charge in [-0.25, -0.2) is 5.06 Å². The third kappa shape index (κ3) is 2.94. The summed E-state index contributed by atoms with van der Waals surface area (Å²) >= 11 is 0. The molecule has 1 aliphatic heterocycles. The van der Waals surface area contributed by atoms with Gasteiger partial charge in [0.25, 0.3) is 5.91 Å². The Bertz CT molecular complexity index is 738. The Morgan fingerprint density at radius 1 is 1.26 bits per heavy atom. The van der Waals surface area contributed by atoms with Gasteiger partial charge in [-0.3, -0.25) is 14.8 Å². The van der Waals surface area contributed by atoms with Gasteiger partial charge in [-0.15, -0.1) is 0 Å². The number of hydrogen-bond donors (Lipinski definition) is 3. The van der Waals surface area contributed by atoms with Gasteiger partial charge in [0.05, 0.1) is 0 Å². The topological polar surface area (TPSA) is 85.4 Å². The third-order valence-corrected chi connectivity index (χ3v) is 4.23. The summed E-state index contributed by atoms with van der Waals surface area (Å²) in [7, 11) is 0. The summed E-state index contributed by atoms with van der Waals surface area (Å²) in [6.07, 6.45) is 2.60. The Hall–Kier alpha value is -2.34. The molecule has 122 valence electrons. The lowest BCUT2D eigenvalue weighted by Crippen LogP contribution is -2.63. The van der Waals surface area contributed by atoms with Gasteiger partial charge in [0.15, 0.2) is 0 Å². The summed E-state index contributed by atoms with van der Waals surface area (Å²) in [5.74, 6) is -0.506. The summed E-state index contributed by atoms with van der Waals surface area (Å²) in [6.45, 7) is 3.94. The van der Waals surface area contributed by atoms with E-state index in [0.29, 0.717) is 11.5 Å². The summed E-state index contributed by atoms with van der Waals surface area (Å²) in [5, 5.41) is 14.5. The van der Waals surface area contributed by atoms with E-state index in [4.69, 9.17) is 0 Å². The number of carbonyl (C=O) groups is 2. The maximum atomic E-state index is 12.3. The minimum absolute atomic E-state index is 0.253. The van der Waals surface area contributed by atoms with Crippen LogP contribution in [-0.4, -0.2) is 39.2 Å². The summed E-state index contributed by atoms with van der Waals surface area (Å²) in [6, 6.07) is 6.19. The lowest BCUT2D eigenvalue weighted by molar-refractivity contribution is -0.189. The van der Waals surface area contributed by atoms with Crippen molar-refractivity contribution in [2.45, 2.75) is 38.8 Å². The van der Waals surface area contributed by atoms with E-state index in [1.807, 2.05) is 44.3 Å². The van der Waals surface area contributed by atoms with Crippen LogP contribution >= 0.6 is 0 Å². The number of H-pyrrole nitrogens is 1. The van der Waals surface area contributed by atoms with Gasteiger partial charge in [0, 0.05) is 23.5 Å². The van der Waals surface area contributed by atoms with Crippen molar-refractivity contribution in [3.05, 3.63) is 36.0 Å². The second kappa shape index (κ2) is 6.04. The molecule has 2 atom stereocenters. The average molecular weight is 315 g/mol. The number of aromatic nitrogens is 1. The minimum atomic E-state index is -0.898. The van der Waals surface area contributed by atoms with Crippen molar-refractivity contribution >= 4 is 22.7 Å². The number of nitrogens with one attached hydrogen (secondary N) is 2. The molecule has 6 heteroatoms. The monoisotopic (exact) mass is 315 g/mol. The molecule has 1 aromatic heterocycles. The number of rotatable bonds is 4. The molecule has 0 unspecified atom stereocenters. The molecule has 3 rings (SSSR count). The first kappa shape index (κ1) is 15.6. The van der Waals surface area contributed by atoms with E-state index in [0.717, 1.165) is 16.5 Å². The Labute approximate surface area is 134 Å². The highest BCUT2D eigenvalue weighted by atomic mass is 16.5. The Morgan fingerprint density at radius 3 is 2.74 bits per heavy atom. The molecule has 23 heavy (non-hydrogen) atoms. The number of nitrogens with zero attached hydrogens (tertiary/aromatic N) is 1. The first-order valence-electron chi connectivity index (χ1n) is 7.84. The fourth-order valence-corrected chi connectivity index (χ4v) is 3.07. The number of carbonyl (C=O) groups excluding carboxylic acids is 2. The summed E-state index contributed by atoms with van der Waals surface area (Å²) < 4.78 is 0. The zero-order valence-electron chi connectivity index (χ0n) is 13.2. The van der Waals surface area contributed by atoms with Gasteiger partial charge >= 0.3 is 0 Å². The molecule has 0 aliphatic carbocycles. The molecule has 1 fully saturated rings. The Balaban J connectivity index is 1.81. The van der Waals surface area contributed by atoms with Crippen LogP contribution in [0.15, 0.2) is 30.5 Å². The zero-order chi connectivity index (χ0) is 16.6. The minimum Gasteiger partial charge on any atom is -0.361 e. The highest BCUT2D eigenvalue weighted by Crippen LogP contribution is 2.22. The zero-order valence-corrected chi connectivity index (χ0v) is 13.2. The maximum absolute atomic E-state index is 12.3. The van der Waals surface area contributed by atoms with Crippen LogP contribution in [-0.2, 0) is 16.0 Å². The van der Waals surface area contributed by atoms with Crippen LogP contribution in [0.5, 0.6) is 0 Å². The fraction of sp³-hybridized carbons (Fsp3) is 0.412. The normalized spacial score (nSPS) is 22.0. The Kier molecular flexibility index (Phi) is 4.09. The number of para-hydroxylation sites is 1. The highest BCUT2D eigenvalue weighted by molar-refractivity contribution is 5.96. The van der Waals surface area contributed by atoms with Gasteiger partial charge in [-0.1, -0.05) is 32.0 Å². The molecule has 3 N–H and O–H groups in total. The molecule has 0 saturated carbocycles. The van der Waals surface area contributed by atoms with Crippen LogP contribution < -0.4 is 5.32 Å². The van der Waals surface area contributed by atoms with Crippen molar-refractivity contribution in [1.82, 2.24) is 15.4 Å². The molecular weight excluding hydrogens is 294 g/mol. The summed E-state index contributed by atoms with van der Waals surface area (Å²) in [4.78, 5) is 27.7. The number of piperazine rings is 1. The number of benzene rings is 1. The molecular formula is C17H21N3O3. The van der Waals surface area contributed by atoms with Gasteiger partial charge in [-0.2, -0.15) is 0 Å². The maximum Gasteiger partial charge on any atom is 0.269 e. The molecule has 1 aromatic carbocycles. The van der Waals surface area contributed by atoms with Gasteiger partial charge < -0.3 is 10.3 Å². The first-order chi connectivity index (χ1) is 11.0. The summed E-state index contributed by atoms with van der Waals surface area (Å²) in [5.41, 5.74) is 1.86. The SMILES string of the molecule is CC(C)C[C@@H]1NC(=O)[C@H](Cc2c[nH]c3ccccc23)N(O)C1=O. The molecule has 0 bridgehead atoms. The smallest absolute Gasteiger partial charge is 0.269 e. The quantitative estimate of drug-likeness (QED) is 0.753. The van der Waals surface area contributed by atoms with E-state index >= 15 is 0 Å². The largest absolute Gasteiger partial charge is 0.361 e. The van der Waals surface area contributed by atoms with Crippen LogP contribution in [0.25, 0.3) is 10.9 Å². The van der Waals surface area contributed by atoms with Crippen LogP contribution in [0.3, 0.4) is 0 Å². The molecule has 1 aliphatic rings. The number of hydrogen-bond acceptors (Lipinski definition) is 3. The third-order valence-electron chi connectivity index (χ3n) is 4.23. The van der Waals surface area contributed by atoms with E-state index in [2.05, 4.69) is 10.3 Å². The highest BCUT2D eigenvalue weighted by Gasteiger charge is 2.40. The van der Waals surface area contributed by atoms with Crippen LogP contribution in [0, 0.1) is 5.92 Å². The first-order valence-corrected chi connectivity index (χ1v) is 7.84. The Morgan fingerprint density at radius 2 is 2.00 bits per heavy atom. The molecule has 2 amide bonds. The van der Waals surface area contributed by atoms with Gasteiger partial charge in [0.2, 0.25) is 5.91 Å². The van der Waals surface area contributed by atoms with Crippen LogP contribution in [0.1, 0.15) is 25.8 Å². The van der Waals surface area contributed by atoms with E-state index < -0.39 is 18.0 Å². The predicted molar refractivity (Wildman–Crippen MR) is 85.8 cm³/mol. The number of amides is 2. The lowest BCUT2D eigenvalue weighted by Gasteiger charge is -2.35. The lowest BCUT2D eigenvalue weighted by atomic mass is 9.97. The molecule has 6 nitrogen and oxygen atoms in total. The predicted octanol–water partition coefficient (Wildman–Crippen LogP) is 1.84. The van der Waals surface area contributed by atoms with E-state index in [-0.39, 0.29) is 18.2 Å². The van der Waals surface area contributed by atoms with E-state index in [9.17, 15) is 14.8 Å². The van der Waals surface area contributed by atoms with Crippen molar-refractivity contribution < 1.29 is 14.8 Å². The van der Waals surface area contributed by atoms with Crippen LogP contribution in [0.2, 0.25) is 0 Å². The van der Waals surface area contributed by atoms with Gasteiger partial charge in [-0.05, 0) is 24.0 Å². The molecule has 0 radical (unpaired) electrons. The fourth-order valence-electron chi connectivity index (χ4n) is 3.07. The molecule has 1 saturated heterocycles. The standard InChI is InChI=1S/C17H21N3O3/c1-10(2)7-14-17(22)20(23)15(16(21)19-14)8-11-9-18-13-6-4-3-5-12(11)13/h3-6,9-10,14-15,18,23H,7-8H2,1-2H3,(H,19,21)/t14-,15-/m0/s1. The van der Waals surface area contributed by atoms with E-state index in [1.54, 1.807) is 0 Å². The van der Waals surface area contributed by atoms with Crippen LogP contribution in [0.4, 0.5) is 0 Å². The molecule has 2 aromatic rings.